The summed E-state index contributed by atoms with van der Waals surface area (Å²) in [6, 6.07) is 9.03. The van der Waals surface area contributed by atoms with E-state index in [2.05, 4.69) is 42.7 Å². The summed E-state index contributed by atoms with van der Waals surface area (Å²) in [5.74, 6) is 2.59. The van der Waals surface area contributed by atoms with Crippen LogP contribution in [-0.4, -0.2) is 16.1 Å². The maximum atomic E-state index is 6.05. The third-order valence-electron chi connectivity index (χ3n) is 4.84. The highest BCUT2D eigenvalue weighted by molar-refractivity contribution is 5.76. The number of nitrogens with two attached hydrogens (primary N) is 1. The highest BCUT2D eigenvalue weighted by Crippen LogP contribution is 2.39. The summed E-state index contributed by atoms with van der Waals surface area (Å²) in [5.41, 5.74) is 8.45. The molecular weight excluding hydrogens is 246 g/mol. The van der Waals surface area contributed by atoms with Crippen molar-refractivity contribution in [3.63, 3.8) is 0 Å². The van der Waals surface area contributed by atoms with Crippen molar-refractivity contribution in [2.45, 2.75) is 45.6 Å². The maximum Gasteiger partial charge on any atom is 0.109 e. The van der Waals surface area contributed by atoms with E-state index in [1.54, 1.807) is 0 Å². The first-order valence-electron chi connectivity index (χ1n) is 7.90. The monoisotopic (exact) mass is 271 g/mol. The second-order valence-electron chi connectivity index (χ2n) is 6.22. The molecule has 3 unspecified atom stereocenters. The Hall–Kier alpha value is -1.35. The Labute approximate surface area is 121 Å². The van der Waals surface area contributed by atoms with Crippen LogP contribution in [0, 0.1) is 11.8 Å². The topological polar surface area (TPSA) is 43.8 Å². The highest BCUT2D eigenvalue weighted by atomic mass is 15.1. The molecule has 3 nitrogen and oxygen atoms in total. The van der Waals surface area contributed by atoms with Crippen LogP contribution in [0.25, 0.3) is 11.0 Å². The Morgan fingerprint density at radius 3 is 2.85 bits per heavy atom. The van der Waals surface area contributed by atoms with Crippen LogP contribution in [0.3, 0.4) is 0 Å². The minimum atomic E-state index is 0.520. The Balaban J connectivity index is 2.11. The van der Waals surface area contributed by atoms with E-state index in [0.717, 1.165) is 24.4 Å². The van der Waals surface area contributed by atoms with E-state index in [1.165, 1.54) is 30.6 Å². The van der Waals surface area contributed by atoms with E-state index < -0.39 is 0 Å². The number of para-hydroxylation sites is 2. The Kier molecular flexibility index (Phi) is 3.79. The lowest BCUT2D eigenvalue weighted by Crippen LogP contribution is -2.32. The van der Waals surface area contributed by atoms with E-state index in [9.17, 15) is 0 Å². The lowest BCUT2D eigenvalue weighted by molar-refractivity contribution is 0.198. The van der Waals surface area contributed by atoms with Crippen molar-refractivity contribution in [3.8, 4) is 0 Å². The number of fused-ring (bicyclic) bond motifs is 1. The highest BCUT2D eigenvalue weighted by Gasteiger charge is 2.31. The quantitative estimate of drug-likeness (QED) is 0.928. The fraction of sp³-hybridized carbons (Fsp3) is 0.588. The molecule has 1 fully saturated rings. The van der Waals surface area contributed by atoms with Crippen LogP contribution in [0.15, 0.2) is 24.3 Å². The van der Waals surface area contributed by atoms with Gasteiger partial charge in [0.15, 0.2) is 0 Å². The fourth-order valence-corrected chi connectivity index (χ4v) is 3.72. The molecule has 0 aliphatic heterocycles. The van der Waals surface area contributed by atoms with Crippen LogP contribution in [0.4, 0.5) is 0 Å². The summed E-state index contributed by atoms with van der Waals surface area (Å²) < 4.78 is 2.49. The largest absolute Gasteiger partial charge is 0.330 e. The second kappa shape index (κ2) is 5.57. The molecule has 0 radical (unpaired) electrons. The van der Waals surface area contributed by atoms with Gasteiger partial charge in [0.05, 0.1) is 11.0 Å². The molecule has 0 saturated heterocycles. The van der Waals surface area contributed by atoms with E-state index in [0.29, 0.717) is 12.0 Å². The summed E-state index contributed by atoms with van der Waals surface area (Å²) in [6.07, 6.45) is 4.77. The average molecular weight is 271 g/mol. The molecule has 1 aromatic heterocycles. The van der Waals surface area contributed by atoms with Gasteiger partial charge in [-0.05, 0) is 43.4 Å². The molecule has 1 aromatic carbocycles. The van der Waals surface area contributed by atoms with Crippen LogP contribution in [0.2, 0.25) is 0 Å². The van der Waals surface area contributed by atoms with Crippen LogP contribution >= 0.6 is 0 Å². The third kappa shape index (κ3) is 2.24. The normalized spacial score (nSPS) is 27.1. The van der Waals surface area contributed by atoms with Crippen molar-refractivity contribution in [2.24, 2.45) is 17.6 Å². The minimum Gasteiger partial charge on any atom is -0.330 e. The van der Waals surface area contributed by atoms with Crippen LogP contribution < -0.4 is 5.73 Å². The predicted molar refractivity (Wildman–Crippen MR) is 83.7 cm³/mol. The summed E-state index contributed by atoms with van der Waals surface area (Å²) >= 11 is 0. The van der Waals surface area contributed by atoms with Crippen molar-refractivity contribution in [3.05, 3.63) is 30.1 Å². The lowest BCUT2D eigenvalue weighted by atomic mass is 9.78. The average Bonchev–Trinajstić information content (AvgIpc) is 2.85. The molecule has 3 heteroatoms. The fourth-order valence-electron chi connectivity index (χ4n) is 3.72. The molecule has 2 aromatic rings. The first-order chi connectivity index (χ1) is 9.74. The van der Waals surface area contributed by atoms with Gasteiger partial charge in [-0.3, -0.25) is 0 Å². The third-order valence-corrected chi connectivity index (χ3v) is 4.84. The molecule has 1 saturated carbocycles. The van der Waals surface area contributed by atoms with Gasteiger partial charge in [-0.25, -0.2) is 4.98 Å². The molecule has 2 N–H and O–H groups in total. The zero-order valence-corrected chi connectivity index (χ0v) is 12.5. The van der Waals surface area contributed by atoms with Gasteiger partial charge in [0.25, 0.3) is 0 Å². The first kappa shape index (κ1) is 13.6. The van der Waals surface area contributed by atoms with Gasteiger partial charge in [-0.2, -0.15) is 0 Å². The van der Waals surface area contributed by atoms with Crippen molar-refractivity contribution in [1.82, 2.24) is 9.55 Å². The van der Waals surface area contributed by atoms with Crippen LogP contribution in [0.1, 0.15) is 45.0 Å². The molecule has 1 aliphatic carbocycles. The molecular formula is C17H25N3. The molecule has 20 heavy (non-hydrogen) atoms. The summed E-state index contributed by atoms with van der Waals surface area (Å²) in [6.45, 7) is 5.35. The molecule has 1 heterocycles. The van der Waals surface area contributed by atoms with E-state index in [4.69, 9.17) is 10.7 Å². The van der Waals surface area contributed by atoms with Crippen LogP contribution in [0.5, 0.6) is 0 Å². The summed E-state index contributed by atoms with van der Waals surface area (Å²) in [5, 5.41) is 0. The number of nitrogens with zero attached hydrogens (tertiary/aromatic N) is 2. The van der Waals surface area contributed by atoms with Crippen molar-refractivity contribution in [2.75, 3.05) is 6.54 Å². The van der Waals surface area contributed by atoms with Gasteiger partial charge in [-0.1, -0.05) is 32.4 Å². The van der Waals surface area contributed by atoms with Crippen molar-refractivity contribution in [1.29, 1.82) is 0 Å². The Bertz CT molecular complexity index is 587. The molecule has 0 bridgehead atoms. The van der Waals surface area contributed by atoms with Gasteiger partial charge in [-0.15, -0.1) is 0 Å². The number of rotatable bonds is 3. The lowest BCUT2D eigenvalue weighted by Gasteiger charge is -2.36. The zero-order chi connectivity index (χ0) is 14.1. The smallest absolute Gasteiger partial charge is 0.109 e. The first-order valence-corrected chi connectivity index (χ1v) is 7.90. The number of imidazole rings is 1. The van der Waals surface area contributed by atoms with Gasteiger partial charge in [0.1, 0.15) is 5.82 Å². The van der Waals surface area contributed by atoms with Gasteiger partial charge in [0, 0.05) is 12.5 Å². The van der Waals surface area contributed by atoms with Gasteiger partial charge in [0.2, 0.25) is 0 Å². The molecule has 1 aliphatic rings. The molecule has 3 atom stereocenters. The standard InChI is InChI=1S/C17H25N3/c1-3-17-19-14-6-4-5-7-15(14)20(17)16-10-12(2)8-9-13(16)11-18/h4-7,12-13,16H,3,8-11,18H2,1-2H3. The van der Waals surface area contributed by atoms with Gasteiger partial charge >= 0.3 is 0 Å². The molecule has 108 valence electrons. The Morgan fingerprint density at radius 2 is 2.10 bits per heavy atom. The van der Waals surface area contributed by atoms with Crippen LogP contribution in [-0.2, 0) is 6.42 Å². The SMILES string of the molecule is CCc1nc2ccccc2n1C1CC(C)CCC1CN. The number of hydrogen-bond donors (Lipinski definition) is 1. The summed E-state index contributed by atoms with van der Waals surface area (Å²) in [7, 11) is 0. The minimum absolute atomic E-state index is 0.520. The predicted octanol–water partition coefficient (Wildman–Crippen LogP) is 3.53. The van der Waals surface area contributed by atoms with E-state index in [1.807, 2.05) is 0 Å². The summed E-state index contributed by atoms with van der Waals surface area (Å²) in [4.78, 5) is 4.82. The van der Waals surface area contributed by atoms with Gasteiger partial charge < -0.3 is 10.3 Å². The maximum absolute atomic E-state index is 6.05. The number of aryl methyl sites for hydroxylation is 1. The molecule has 0 spiro atoms. The van der Waals surface area contributed by atoms with E-state index >= 15 is 0 Å². The molecule has 0 amide bonds. The Morgan fingerprint density at radius 1 is 1.30 bits per heavy atom. The second-order valence-corrected chi connectivity index (χ2v) is 6.22. The van der Waals surface area contributed by atoms with Crippen molar-refractivity contribution < 1.29 is 0 Å². The number of aromatic nitrogens is 2. The van der Waals surface area contributed by atoms with Crippen molar-refractivity contribution >= 4 is 11.0 Å². The number of benzene rings is 1. The zero-order valence-electron chi connectivity index (χ0n) is 12.5. The van der Waals surface area contributed by atoms with E-state index in [-0.39, 0.29) is 0 Å². The molecule has 3 rings (SSSR count). The number of hydrogen-bond acceptors (Lipinski definition) is 2.